The van der Waals surface area contributed by atoms with E-state index >= 15 is 0 Å². The smallest absolute Gasteiger partial charge is 1.00 e. The second-order valence-corrected chi connectivity index (χ2v) is 14.5. The Bertz CT molecular complexity index is 1280. The van der Waals surface area contributed by atoms with Crippen molar-refractivity contribution >= 4 is 30.3 Å². The van der Waals surface area contributed by atoms with Crippen molar-refractivity contribution in [2.24, 2.45) is 0 Å². The van der Waals surface area contributed by atoms with Gasteiger partial charge in [-0.1, -0.05) is 108 Å². The summed E-state index contributed by atoms with van der Waals surface area (Å²) in [5.41, 5.74) is 9.37. The molecule has 0 spiro atoms. The zero-order valence-corrected chi connectivity index (χ0v) is 27.9. The Morgan fingerprint density at radius 2 is 1.44 bits per heavy atom. The normalized spacial score (nSPS) is 13.7. The summed E-state index contributed by atoms with van der Waals surface area (Å²) >= 11 is 1.55. The zero-order valence-electron chi connectivity index (χ0n) is 23.9. The van der Waals surface area contributed by atoms with Gasteiger partial charge in [-0.25, -0.2) is 0 Å². The maximum Gasteiger partial charge on any atom is -1.00 e. The summed E-state index contributed by atoms with van der Waals surface area (Å²) in [6.07, 6.45) is 5.79. The first-order valence-corrected chi connectivity index (χ1v) is 14.1. The minimum atomic E-state index is 0. The molecule has 0 atom stereocenters. The molecule has 0 fully saturated rings. The number of benzene rings is 2. The molecule has 0 radical (unpaired) electrons. The topological polar surface area (TPSA) is 0 Å². The van der Waals surface area contributed by atoms with Gasteiger partial charge >= 0.3 is 41.3 Å². The second kappa shape index (κ2) is 12.8. The van der Waals surface area contributed by atoms with Crippen LogP contribution in [0.5, 0.6) is 0 Å². The molecule has 3 aromatic carbocycles. The third-order valence-electron chi connectivity index (χ3n) is 6.90. The van der Waals surface area contributed by atoms with E-state index in [0.29, 0.717) is 0 Å². The van der Waals surface area contributed by atoms with Gasteiger partial charge in [0.1, 0.15) is 0 Å². The van der Waals surface area contributed by atoms with Gasteiger partial charge in [-0.2, -0.15) is 0 Å². The molecule has 4 rings (SSSR count). The van der Waals surface area contributed by atoms with Crippen molar-refractivity contribution in [3.05, 3.63) is 70.3 Å². The van der Waals surface area contributed by atoms with Crippen molar-refractivity contribution in [1.29, 1.82) is 0 Å². The molecule has 0 heterocycles. The van der Waals surface area contributed by atoms with Crippen LogP contribution < -0.4 is 24.8 Å². The van der Waals surface area contributed by atoms with Gasteiger partial charge in [0.15, 0.2) is 0 Å². The summed E-state index contributed by atoms with van der Waals surface area (Å²) in [7, 11) is 0. The van der Waals surface area contributed by atoms with Gasteiger partial charge in [0.25, 0.3) is 0 Å². The molecule has 3 aromatic rings. The predicted octanol–water partition coefficient (Wildman–Crippen LogP) is 3.96. The van der Waals surface area contributed by atoms with Crippen LogP contribution in [-0.4, -0.2) is 3.21 Å². The molecule has 1 aliphatic carbocycles. The molecule has 1 aliphatic rings. The monoisotopic (exact) mass is 599 g/mol. The van der Waals surface area contributed by atoms with E-state index in [2.05, 4.69) is 112 Å². The van der Waals surface area contributed by atoms with Crippen molar-refractivity contribution in [3.63, 3.8) is 0 Å². The van der Waals surface area contributed by atoms with Crippen molar-refractivity contribution < 1.29 is 49.0 Å². The molecule has 36 heavy (non-hydrogen) atoms. The van der Waals surface area contributed by atoms with Gasteiger partial charge in [0, 0.05) is 0 Å². The summed E-state index contributed by atoms with van der Waals surface area (Å²) in [6, 6.07) is 14.3. The number of allylic oxidation sites excluding steroid dienone is 4. The molecule has 0 aliphatic heterocycles. The third kappa shape index (κ3) is 6.95. The van der Waals surface area contributed by atoms with Gasteiger partial charge in [-0.3, -0.25) is 0 Å². The molecule has 0 bridgehead atoms. The number of rotatable bonds is 3. The fourth-order valence-corrected chi connectivity index (χ4v) is 5.22. The maximum absolute atomic E-state index is 2.47. The summed E-state index contributed by atoms with van der Waals surface area (Å²) in [5.74, 6) is 0. The van der Waals surface area contributed by atoms with E-state index in [1.165, 1.54) is 41.4 Å². The fourth-order valence-electron chi connectivity index (χ4n) is 5.22. The molecule has 0 N–H and O–H groups in total. The van der Waals surface area contributed by atoms with Crippen LogP contribution in [0, 0.1) is 0 Å². The summed E-state index contributed by atoms with van der Waals surface area (Å²) < 4.78 is 1.51. The predicted molar refractivity (Wildman–Crippen MR) is 151 cm³/mol. The minimum absolute atomic E-state index is 0. The van der Waals surface area contributed by atoms with Gasteiger partial charge in [0.05, 0.1) is 0 Å². The van der Waals surface area contributed by atoms with E-state index in [0.717, 1.165) is 19.3 Å². The van der Waals surface area contributed by atoms with Gasteiger partial charge in [-0.15, -0.1) is 33.7 Å². The molecule has 0 amide bonds. The Labute approximate surface area is 247 Å². The van der Waals surface area contributed by atoms with Gasteiger partial charge in [-0.05, 0) is 41.2 Å². The van der Waals surface area contributed by atoms with E-state index in [1.807, 2.05) is 0 Å². The van der Waals surface area contributed by atoms with E-state index in [1.54, 1.807) is 41.0 Å². The van der Waals surface area contributed by atoms with Crippen LogP contribution in [0.15, 0.2) is 53.6 Å². The first-order chi connectivity index (χ1) is 15.8. The van der Waals surface area contributed by atoms with Crippen LogP contribution in [0.25, 0.3) is 27.1 Å². The molecular formula is C33H43Cl2Zr-. The molecule has 0 unspecified atom stereocenters. The first kappa shape index (κ1) is 33.2. The molecule has 0 nitrogen and oxygen atoms in total. The maximum atomic E-state index is 2.47. The van der Waals surface area contributed by atoms with E-state index < -0.39 is 0 Å². The Morgan fingerprint density at radius 1 is 0.861 bits per heavy atom. The number of hydrogen-bond acceptors (Lipinski definition) is 0. The Hall–Kier alpha value is -0.877. The average Bonchev–Trinajstić information content (AvgIpc) is 3.31. The number of hydrogen-bond donors (Lipinski definition) is 0. The fraction of sp³-hybridized carbons (Fsp3) is 0.455. The van der Waals surface area contributed by atoms with E-state index in [4.69, 9.17) is 0 Å². The molecule has 0 saturated heterocycles. The third-order valence-corrected chi connectivity index (χ3v) is 6.90. The quantitative estimate of drug-likeness (QED) is 0.399. The molecule has 3 heteroatoms. The van der Waals surface area contributed by atoms with Crippen LogP contribution in [0.1, 0.15) is 105 Å². The molecule has 194 valence electrons. The molecule has 0 aromatic heterocycles. The van der Waals surface area contributed by atoms with Crippen LogP contribution in [0.4, 0.5) is 0 Å². The molecule has 0 saturated carbocycles. The Kier molecular flexibility index (Phi) is 11.8. The number of fused-ring (bicyclic) bond motifs is 3. The van der Waals surface area contributed by atoms with Gasteiger partial charge < -0.3 is 24.8 Å². The van der Waals surface area contributed by atoms with Crippen LogP contribution >= 0.6 is 0 Å². The van der Waals surface area contributed by atoms with Crippen molar-refractivity contribution in [3.8, 4) is 0 Å². The SMILES string of the molecule is CCC1=CCC(c2c(C(C)(C)C)ccc3c2[cH-]c2cc(C(C)(C)C)ccc23)=C1CC.C[C](C)=[Zr+2].[Cl-].[Cl-]. The average molecular weight is 602 g/mol. The Morgan fingerprint density at radius 3 is 1.94 bits per heavy atom. The van der Waals surface area contributed by atoms with Crippen LogP contribution in [-0.2, 0) is 35.1 Å². The zero-order chi connectivity index (χ0) is 25.4. The largest absolute Gasteiger partial charge is 1.00 e. The van der Waals surface area contributed by atoms with Crippen molar-refractivity contribution in [2.45, 2.75) is 99.3 Å². The van der Waals surface area contributed by atoms with Crippen LogP contribution in [0.3, 0.4) is 0 Å². The van der Waals surface area contributed by atoms with Crippen LogP contribution in [0.2, 0.25) is 0 Å². The van der Waals surface area contributed by atoms with Gasteiger partial charge in [0.2, 0.25) is 0 Å². The summed E-state index contributed by atoms with van der Waals surface area (Å²) in [4.78, 5) is 0. The minimum Gasteiger partial charge on any atom is -1.00 e. The standard InChI is InChI=1S/C30H37.C3H6.2ClH.Zr/c1-9-19-11-13-25(22(19)10-2)28-26-18-20-17-21(29(3,4)5)12-14-23(20)24(26)15-16-27(28)30(6,7)8;1-3-2;;;/h11-12,14-18H,9-10,13H2,1-8H3;1-2H3;2*1H;/q-1;;;;+2/p-2. The van der Waals surface area contributed by atoms with E-state index in [9.17, 15) is 0 Å². The van der Waals surface area contributed by atoms with Crippen molar-refractivity contribution in [2.75, 3.05) is 0 Å². The van der Waals surface area contributed by atoms with Crippen molar-refractivity contribution in [1.82, 2.24) is 0 Å². The summed E-state index contributed by atoms with van der Waals surface area (Å²) in [6.45, 7) is 22.8. The summed E-state index contributed by atoms with van der Waals surface area (Å²) in [5, 5.41) is 5.61. The number of halogens is 2. The molecular weight excluding hydrogens is 558 g/mol. The van der Waals surface area contributed by atoms with E-state index in [-0.39, 0.29) is 35.6 Å². The Balaban J connectivity index is 0.00000101. The first-order valence-electron chi connectivity index (χ1n) is 12.9. The second-order valence-electron chi connectivity index (χ2n) is 12.0.